The summed E-state index contributed by atoms with van der Waals surface area (Å²) < 4.78 is 5.29. The molecule has 2 heteroatoms. The van der Waals surface area contributed by atoms with Gasteiger partial charge in [0, 0.05) is 18.1 Å². The lowest BCUT2D eigenvalue weighted by Crippen LogP contribution is -2.20. The molecule has 0 saturated carbocycles. The maximum absolute atomic E-state index is 10.8. The van der Waals surface area contributed by atoms with Gasteiger partial charge in [0.15, 0.2) is 0 Å². The van der Waals surface area contributed by atoms with Crippen LogP contribution in [0.2, 0.25) is 0 Å². The van der Waals surface area contributed by atoms with Gasteiger partial charge in [0.25, 0.3) is 0 Å². The maximum atomic E-state index is 10.8. The van der Waals surface area contributed by atoms with Gasteiger partial charge in [-0.2, -0.15) is 0 Å². The van der Waals surface area contributed by atoms with Crippen molar-refractivity contribution < 1.29 is 9.84 Å². The largest absolute Gasteiger partial charge is 0.507 e. The molecule has 0 aliphatic heterocycles. The van der Waals surface area contributed by atoms with Crippen LogP contribution in [0.15, 0.2) is 42.5 Å². The average molecular weight is 298 g/mol. The SMILES string of the molecule is COCc1cc(C(C)C)c(O)c(C(C)(C)c2ccccc2)c1. The van der Waals surface area contributed by atoms with Gasteiger partial charge < -0.3 is 9.84 Å². The first-order valence-corrected chi connectivity index (χ1v) is 7.78. The average Bonchev–Trinajstić information content (AvgIpc) is 2.49. The van der Waals surface area contributed by atoms with Gasteiger partial charge in [0.2, 0.25) is 0 Å². The lowest BCUT2D eigenvalue weighted by molar-refractivity contribution is 0.184. The van der Waals surface area contributed by atoms with E-state index in [2.05, 4.69) is 45.9 Å². The van der Waals surface area contributed by atoms with Crippen LogP contribution in [0.1, 0.15) is 55.9 Å². The van der Waals surface area contributed by atoms with Gasteiger partial charge in [0.05, 0.1) is 6.61 Å². The molecule has 2 aromatic rings. The third kappa shape index (κ3) is 3.17. The molecule has 0 atom stereocenters. The summed E-state index contributed by atoms with van der Waals surface area (Å²) in [5, 5.41) is 10.8. The Kier molecular flexibility index (Phi) is 4.92. The Labute approximate surface area is 133 Å². The maximum Gasteiger partial charge on any atom is 0.123 e. The highest BCUT2D eigenvalue weighted by atomic mass is 16.5. The Morgan fingerprint density at radius 2 is 1.73 bits per heavy atom. The van der Waals surface area contributed by atoms with E-state index in [-0.39, 0.29) is 11.3 Å². The van der Waals surface area contributed by atoms with Crippen molar-refractivity contribution in [2.45, 2.75) is 45.6 Å². The Balaban J connectivity index is 2.62. The van der Waals surface area contributed by atoms with Crippen molar-refractivity contribution in [1.29, 1.82) is 0 Å². The predicted molar refractivity (Wildman–Crippen MR) is 91.5 cm³/mol. The van der Waals surface area contributed by atoms with E-state index in [1.807, 2.05) is 24.3 Å². The molecule has 0 unspecified atom stereocenters. The molecule has 0 aliphatic rings. The van der Waals surface area contributed by atoms with Crippen molar-refractivity contribution in [2.24, 2.45) is 0 Å². The van der Waals surface area contributed by atoms with Gasteiger partial charge in [-0.05, 0) is 34.7 Å². The van der Waals surface area contributed by atoms with E-state index in [0.29, 0.717) is 12.4 Å². The van der Waals surface area contributed by atoms with E-state index in [9.17, 15) is 5.11 Å². The van der Waals surface area contributed by atoms with E-state index in [0.717, 1.165) is 16.7 Å². The van der Waals surface area contributed by atoms with Gasteiger partial charge in [-0.3, -0.25) is 0 Å². The van der Waals surface area contributed by atoms with Gasteiger partial charge in [-0.25, -0.2) is 0 Å². The molecule has 2 nitrogen and oxygen atoms in total. The molecule has 0 spiro atoms. The van der Waals surface area contributed by atoms with Crippen molar-refractivity contribution in [3.63, 3.8) is 0 Å². The normalized spacial score (nSPS) is 11.9. The van der Waals surface area contributed by atoms with Crippen LogP contribution < -0.4 is 0 Å². The van der Waals surface area contributed by atoms with Crippen molar-refractivity contribution >= 4 is 0 Å². The molecule has 0 amide bonds. The number of phenols is 1. The van der Waals surface area contributed by atoms with Crippen molar-refractivity contribution in [1.82, 2.24) is 0 Å². The predicted octanol–water partition coefficient (Wildman–Crippen LogP) is 4.99. The fraction of sp³-hybridized carbons (Fsp3) is 0.400. The summed E-state index contributed by atoms with van der Waals surface area (Å²) in [7, 11) is 1.70. The number of phenolic OH excluding ortho intramolecular Hbond substituents is 1. The van der Waals surface area contributed by atoms with Crippen LogP contribution in [0.25, 0.3) is 0 Å². The van der Waals surface area contributed by atoms with Crippen LogP contribution in [0.4, 0.5) is 0 Å². The minimum absolute atomic E-state index is 0.265. The third-order valence-corrected chi connectivity index (χ3v) is 4.30. The second-order valence-corrected chi connectivity index (χ2v) is 6.66. The summed E-state index contributed by atoms with van der Waals surface area (Å²) >= 11 is 0. The van der Waals surface area contributed by atoms with Gasteiger partial charge >= 0.3 is 0 Å². The lowest BCUT2D eigenvalue weighted by Gasteiger charge is -2.29. The quantitative estimate of drug-likeness (QED) is 0.842. The number of hydrogen-bond acceptors (Lipinski definition) is 2. The fourth-order valence-corrected chi connectivity index (χ4v) is 2.90. The Hall–Kier alpha value is -1.80. The first-order valence-electron chi connectivity index (χ1n) is 7.78. The molecule has 0 aliphatic carbocycles. The standard InChI is InChI=1S/C20H26O2/c1-14(2)17-11-15(13-22-5)12-18(19(17)21)20(3,4)16-9-7-6-8-10-16/h6-12,14,21H,13H2,1-5H3. The van der Waals surface area contributed by atoms with E-state index in [1.54, 1.807) is 7.11 Å². The van der Waals surface area contributed by atoms with E-state index in [4.69, 9.17) is 4.74 Å². The molecule has 1 N–H and O–H groups in total. The number of benzene rings is 2. The van der Waals surface area contributed by atoms with Crippen LogP contribution in [-0.2, 0) is 16.8 Å². The minimum Gasteiger partial charge on any atom is -0.507 e. The molecule has 0 bridgehead atoms. The summed E-state index contributed by atoms with van der Waals surface area (Å²) in [4.78, 5) is 0. The molecule has 0 radical (unpaired) electrons. The second-order valence-electron chi connectivity index (χ2n) is 6.66. The number of rotatable bonds is 5. The molecule has 0 fully saturated rings. The van der Waals surface area contributed by atoms with Crippen LogP contribution in [0.5, 0.6) is 5.75 Å². The summed E-state index contributed by atoms with van der Waals surface area (Å²) in [5.74, 6) is 0.672. The van der Waals surface area contributed by atoms with Crippen LogP contribution in [-0.4, -0.2) is 12.2 Å². The van der Waals surface area contributed by atoms with Crippen LogP contribution in [0.3, 0.4) is 0 Å². The number of methoxy groups -OCH3 is 1. The molecule has 0 aromatic heterocycles. The summed E-state index contributed by atoms with van der Waals surface area (Å²) in [6, 6.07) is 14.4. The fourth-order valence-electron chi connectivity index (χ4n) is 2.90. The topological polar surface area (TPSA) is 29.5 Å². The zero-order valence-electron chi connectivity index (χ0n) is 14.2. The van der Waals surface area contributed by atoms with Crippen LogP contribution >= 0.6 is 0 Å². The molecule has 2 rings (SSSR count). The first-order chi connectivity index (χ1) is 10.4. The van der Waals surface area contributed by atoms with Gasteiger partial charge in [0.1, 0.15) is 5.75 Å². The van der Waals surface area contributed by atoms with E-state index < -0.39 is 0 Å². The Morgan fingerprint density at radius 3 is 2.27 bits per heavy atom. The second kappa shape index (κ2) is 6.53. The third-order valence-electron chi connectivity index (χ3n) is 4.30. The Morgan fingerprint density at radius 1 is 1.09 bits per heavy atom. The monoisotopic (exact) mass is 298 g/mol. The van der Waals surface area contributed by atoms with Gasteiger partial charge in [-0.15, -0.1) is 0 Å². The van der Waals surface area contributed by atoms with Crippen molar-refractivity contribution in [2.75, 3.05) is 7.11 Å². The lowest BCUT2D eigenvalue weighted by atomic mass is 9.76. The zero-order chi connectivity index (χ0) is 16.3. The van der Waals surface area contributed by atoms with Crippen molar-refractivity contribution in [3.8, 4) is 5.75 Å². The zero-order valence-corrected chi connectivity index (χ0v) is 14.2. The van der Waals surface area contributed by atoms with E-state index >= 15 is 0 Å². The number of hydrogen-bond donors (Lipinski definition) is 1. The van der Waals surface area contributed by atoms with Crippen LogP contribution in [0, 0.1) is 0 Å². The molecule has 0 heterocycles. The molecular weight excluding hydrogens is 272 g/mol. The molecule has 2 aromatic carbocycles. The minimum atomic E-state index is -0.265. The highest BCUT2D eigenvalue weighted by Gasteiger charge is 2.28. The molecule has 22 heavy (non-hydrogen) atoms. The molecule has 118 valence electrons. The van der Waals surface area contributed by atoms with E-state index in [1.165, 1.54) is 5.56 Å². The first kappa shape index (κ1) is 16.6. The smallest absolute Gasteiger partial charge is 0.123 e. The molecular formula is C20H26O2. The molecule has 0 saturated heterocycles. The Bertz CT molecular complexity index is 628. The van der Waals surface area contributed by atoms with Gasteiger partial charge in [-0.1, -0.05) is 58.0 Å². The van der Waals surface area contributed by atoms with Crippen molar-refractivity contribution in [3.05, 3.63) is 64.7 Å². The summed E-state index contributed by atoms with van der Waals surface area (Å²) in [6.45, 7) is 9.06. The number of ether oxygens (including phenoxy) is 1. The summed E-state index contributed by atoms with van der Waals surface area (Å²) in [6.07, 6.45) is 0. The highest BCUT2D eigenvalue weighted by Crippen LogP contribution is 2.41. The highest BCUT2D eigenvalue weighted by molar-refractivity contribution is 5.52. The summed E-state index contributed by atoms with van der Waals surface area (Å²) in [5.41, 5.74) is 3.96. The number of aromatic hydroxyl groups is 1.